The number of hydrogen-bond acceptors (Lipinski definition) is 4. The molecule has 1 saturated heterocycles. The van der Waals surface area contributed by atoms with E-state index < -0.39 is 21.0 Å². The second-order valence-corrected chi connectivity index (χ2v) is 7.27. The van der Waals surface area contributed by atoms with E-state index in [1.165, 1.54) is 0 Å². The van der Waals surface area contributed by atoms with Crippen molar-refractivity contribution < 1.29 is 13.5 Å². The van der Waals surface area contributed by atoms with Gasteiger partial charge in [-0.25, -0.2) is 8.42 Å². The van der Waals surface area contributed by atoms with E-state index >= 15 is 0 Å². The summed E-state index contributed by atoms with van der Waals surface area (Å²) < 4.78 is 22.8. The van der Waals surface area contributed by atoms with Crippen molar-refractivity contribution in [1.82, 2.24) is 0 Å². The Labute approximate surface area is 90.8 Å². The molecule has 1 saturated carbocycles. The molecular weight excluding hydrogens is 214 g/mol. The van der Waals surface area contributed by atoms with Gasteiger partial charge >= 0.3 is 0 Å². The fourth-order valence-corrected chi connectivity index (χ4v) is 4.83. The maximum Gasteiger partial charge on any atom is 0.153 e. The number of nitrogens with two attached hydrogens (primary N) is 1. The summed E-state index contributed by atoms with van der Waals surface area (Å²) in [5.41, 5.74) is 4.36. The molecule has 1 aliphatic heterocycles. The van der Waals surface area contributed by atoms with E-state index in [9.17, 15) is 13.5 Å². The Hall–Kier alpha value is -0.130. The van der Waals surface area contributed by atoms with Crippen molar-refractivity contribution >= 4 is 9.84 Å². The molecule has 0 aromatic carbocycles. The van der Waals surface area contributed by atoms with Crippen LogP contribution in [-0.4, -0.2) is 36.2 Å². The molecule has 0 aromatic heterocycles. The van der Waals surface area contributed by atoms with Gasteiger partial charge in [0.05, 0.1) is 17.1 Å². The molecule has 0 bridgehead atoms. The van der Waals surface area contributed by atoms with Crippen LogP contribution in [0.1, 0.15) is 38.5 Å². The molecule has 2 rings (SSSR count). The number of aliphatic hydroxyl groups is 1. The molecule has 88 valence electrons. The van der Waals surface area contributed by atoms with Gasteiger partial charge in [-0.05, 0) is 19.3 Å². The molecule has 2 aliphatic rings. The first-order valence-electron chi connectivity index (χ1n) is 5.59. The normalized spacial score (nSPS) is 39.1. The highest BCUT2D eigenvalue weighted by atomic mass is 32.2. The van der Waals surface area contributed by atoms with Crippen LogP contribution in [0.15, 0.2) is 0 Å². The van der Waals surface area contributed by atoms with Crippen LogP contribution in [0.5, 0.6) is 0 Å². The molecular formula is C10H19NO3S. The van der Waals surface area contributed by atoms with Crippen LogP contribution in [0.2, 0.25) is 0 Å². The van der Waals surface area contributed by atoms with Gasteiger partial charge in [-0.1, -0.05) is 19.3 Å². The molecule has 5 heteroatoms. The van der Waals surface area contributed by atoms with Gasteiger partial charge in [0.2, 0.25) is 0 Å². The molecule has 4 nitrogen and oxygen atoms in total. The van der Waals surface area contributed by atoms with Crippen LogP contribution in [0.3, 0.4) is 0 Å². The molecule has 0 aromatic rings. The maximum atomic E-state index is 11.4. The lowest BCUT2D eigenvalue weighted by atomic mass is 9.70. The van der Waals surface area contributed by atoms with Gasteiger partial charge in [-0.15, -0.1) is 0 Å². The third-order valence-corrected chi connectivity index (χ3v) is 5.70. The summed E-state index contributed by atoms with van der Waals surface area (Å²) in [7, 11) is -3.07. The predicted octanol–water partition coefficient (Wildman–Crippen LogP) is 0.198. The topological polar surface area (TPSA) is 80.4 Å². The first kappa shape index (κ1) is 11.4. The molecule has 2 fully saturated rings. The Morgan fingerprint density at radius 3 is 2.13 bits per heavy atom. The van der Waals surface area contributed by atoms with Gasteiger partial charge in [0.25, 0.3) is 0 Å². The second-order valence-electron chi connectivity index (χ2n) is 5.09. The van der Waals surface area contributed by atoms with E-state index in [-0.39, 0.29) is 11.5 Å². The zero-order valence-electron chi connectivity index (χ0n) is 8.91. The molecule has 0 radical (unpaired) electrons. The van der Waals surface area contributed by atoms with Crippen molar-refractivity contribution in [1.29, 1.82) is 0 Å². The molecule has 1 unspecified atom stereocenters. The standard InChI is InChI=1S/C10H19NO3S/c11-9(4-2-1-3-5-9)10(12)6-7-15(13,14)8-10/h12H,1-8,11H2. The first-order valence-corrected chi connectivity index (χ1v) is 7.41. The van der Waals surface area contributed by atoms with Crippen LogP contribution in [-0.2, 0) is 9.84 Å². The lowest BCUT2D eigenvalue weighted by Gasteiger charge is -2.44. The predicted molar refractivity (Wildman–Crippen MR) is 58.2 cm³/mol. The van der Waals surface area contributed by atoms with E-state index in [0.29, 0.717) is 6.42 Å². The monoisotopic (exact) mass is 233 g/mol. The van der Waals surface area contributed by atoms with E-state index in [1.807, 2.05) is 0 Å². The average Bonchev–Trinajstić information content (AvgIpc) is 2.44. The van der Waals surface area contributed by atoms with Crippen molar-refractivity contribution in [3.8, 4) is 0 Å². The summed E-state index contributed by atoms with van der Waals surface area (Å²) in [6.45, 7) is 0. The van der Waals surface area contributed by atoms with Crippen LogP contribution >= 0.6 is 0 Å². The van der Waals surface area contributed by atoms with Crippen LogP contribution in [0.25, 0.3) is 0 Å². The molecule has 1 aliphatic carbocycles. The minimum absolute atomic E-state index is 0.0858. The summed E-state index contributed by atoms with van der Waals surface area (Å²) in [6.07, 6.45) is 4.95. The third kappa shape index (κ3) is 1.92. The Morgan fingerprint density at radius 2 is 1.67 bits per heavy atom. The highest BCUT2D eigenvalue weighted by molar-refractivity contribution is 7.91. The SMILES string of the molecule is NC1(C2(O)CCS(=O)(=O)C2)CCCCC1. The van der Waals surface area contributed by atoms with E-state index in [4.69, 9.17) is 5.73 Å². The summed E-state index contributed by atoms with van der Waals surface area (Å²) >= 11 is 0. The van der Waals surface area contributed by atoms with Gasteiger partial charge in [-0.2, -0.15) is 0 Å². The zero-order chi connectivity index (χ0) is 11.2. The van der Waals surface area contributed by atoms with Gasteiger partial charge < -0.3 is 10.8 Å². The quantitative estimate of drug-likeness (QED) is 0.678. The van der Waals surface area contributed by atoms with Crippen LogP contribution < -0.4 is 5.73 Å². The van der Waals surface area contributed by atoms with E-state index in [2.05, 4.69) is 0 Å². The Bertz CT molecular complexity index is 346. The summed E-state index contributed by atoms with van der Waals surface area (Å²) in [5, 5.41) is 10.4. The molecule has 1 heterocycles. The van der Waals surface area contributed by atoms with Crippen molar-refractivity contribution in [2.75, 3.05) is 11.5 Å². The van der Waals surface area contributed by atoms with Crippen molar-refractivity contribution in [2.24, 2.45) is 5.73 Å². The number of hydrogen-bond donors (Lipinski definition) is 2. The van der Waals surface area contributed by atoms with Gasteiger partial charge in [0.15, 0.2) is 9.84 Å². The fraction of sp³-hybridized carbons (Fsp3) is 1.00. The largest absolute Gasteiger partial charge is 0.387 e. The van der Waals surface area contributed by atoms with Gasteiger partial charge in [-0.3, -0.25) is 0 Å². The Kier molecular flexibility index (Phi) is 2.60. The van der Waals surface area contributed by atoms with Crippen molar-refractivity contribution in [2.45, 2.75) is 49.7 Å². The van der Waals surface area contributed by atoms with Crippen LogP contribution in [0, 0.1) is 0 Å². The lowest BCUT2D eigenvalue weighted by Crippen LogP contribution is -2.62. The Balaban J connectivity index is 2.22. The lowest BCUT2D eigenvalue weighted by molar-refractivity contribution is -0.0297. The Morgan fingerprint density at radius 1 is 1.07 bits per heavy atom. The second kappa shape index (κ2) is 3.43. The molecule has 3 N–H and O–H groups in total. The maximum absolute atomic E-state index is 11.4. The first-order chi connectivity index (χ1) is 6.87. The molecule has 0 amide bonds. The van der Waals surface area contributed by atoms with E-state index in [1.54, 1.807) is 0 Å². The van der Waals surface area contributed by atoms with Gasteiger partial charge in [0.1, 0.15) is 0 Å². The summed E-state index contributed by atoms with van der Waals surface area (Å²) in [5.74, 6) is -0.0566. The highest BCUT2D eigenvalue weighted by Gasteiger charge is 2.53. The molecule has 15 heavy (non-hydrogen) atoms. The minimum atomic E-state index is -3.07. The van der Waals surface area contributed by atoms with Crippen LogP contribution in [0.4, 0.5) is 0 Å². The average molecular weight is 233 g/mol. The van der Waals surface area contributed by atoms with Crippen molar-refractivity contribution in [3.05, 3.63) is 0 Å². The zero-order valence-corrected chi connectivity index (χ0v) is 9.72. The summed E-state index contributed by atoms with van der Waals surface area (Å²) in [6, 6.07) is 0. The summed E-state index contributed by atoms with van der Waals surface area (Å²) in [4.78, 5) is 0. The minimum Gasteiger partial charge on any atom is -0.387 e. The highest BCUT2D eigenvalue weighted by Crippen LogP contribution is 2.40. The number of rotatable bonds is 1. The molecule has 0 spiro atoms. The number of sulfone groups is 1. The van der Waals surface area contributed by atoms with Crippen molar-refractivity contribution in [3.63, 3.8) is 0 Å². The fourth-order valence-electron chi connectivity index (χ4n) is 2.87. The van der Waals surface area contributed by atoms with Gasteiger partial charge in [0, 0.05) is 5.54 Å². The smallest absolute Gasteiger partial charge is 0.153 e. The third-order valence-electron chi connectivity index (χ3n) is 3.96. The molecule has 1 atom stereocenters. The van der Waals surface area contributed by atoms with E-state index in [0.717, 1.165) is 32.1 Å².